The van der Waals surface area contributed by atoms with Crippen LogP contribution in [0, 0.1) is 6.92 Å². The molecule has 1 aromatic carbocycles. The van der Waals surface area contributed by atoms with E-state index in [0.29, 0.717) is 17.0 Å². The number of hydrogen-bond donors (Lipinski definition) is 2. The normalized spacial score (nSPS) is 11.1. The van der Waals surface area contributed by atoms with E-state index in [9.17, 15) is 13.2 Å². The molecule has 0 amide bonds. The van der Waals surface area contributed by atoms with Gasteiger partial charge in [-0.2, -0.15) is 0 Å². The van der Waals surface area contributed by atoms with Crippen LogP contribution < -0.4 is 14.9 Å². The molecular formula is C13H14N2O4S. The molecule has 0 atom stereocenters. The summed E-state index contributed by atoms with van der Waals surface area (Å²) in [5, 5.41) is 0. The Morgan fingerprint density at radius 2 is 2.00 bits per heavy atom. The molecule has 0 saturated heterocycles. The van der Waals surface area contributed by atoms with Crippen molar-refractivity contribution in [3.63, 3.8) is 0 Å². The van der Waals surface area contributed by atoms with Gasteiger partial charge in [-0.1, -0.05) is 0 Å². The fourth-order valence-electron chi connectivity index (χ4n) is 1.69. The van der Waals surface area contributed by atoms with E-state index in [-0.39, 0.29) is 4.90 Å². The van der Waals surface area contributed by atoms with E-state index in [1.807, 2.05) is 0 Å². The van der Waals surface area contributed by atoms with Crippen LogP contribution in [0.4, 0.5) is 5.69 Å². The van der Waals surface area contributed by atoms with Crippen molar-refractivity contribution in [1.82, 2.24) is 4.98 Å². The zero-order valence-corrected chi connectivity index (χ0v) is 11.8. The maximum atomic E-state index is 12.2. The molecule has 2 aromatic rings. The molecule has 1 aromatic heterocycles. The first kappa shape index (κ1) is 14.1. The standard InChI is InChI=1S/C13H14N2O4S/c1-9-7-10(19-2)3-4-11(9)15-20(17,18)13-8-14-6-5-12(13)16/h3-8,15H,1-2H3,(H,14,16). The minimum atomic E-state index is -3.92. The topological polar surface area (TPSA) is 88.3 Å². The lowest BCUT2D eigenvalue weighted by molar-refractivity contribution is 0.414. The quantitative estimate of drug-likeness (QED) is 0.894. The van der Waals surface area contributed by atoms with Crippen LogP contribution in [0.2, 0.25) is 0 Å². The van der Waals surface area contributed by atoms with Crippen LogP contribution in [0.25, 0.3) is 0 Å². The number of rotatable bonds is 4. The lowest BCUT2D eigenvalue weighted by Crippen LogP contribution is -2.21. The maximum absolute atomic E-state index is 12.2. The van der Waals surface area contributed by atoms with Gasteiger partial charge in [0, 0.05) is 18.5 Å². The van der Waals surface area contributed by atoms with Crippen LogP contribution in [0.1, 0.15) is 5.56 Å². The van der Waals surface area contributed by atoms with Gasteiger partial charge in [0.1, 0.15) is 5.75 Å². The molecule has 0 radical (unpaired) electrons. The number of pyridine rings is 1. The van der Waals surface area contributed by atoms with Crippen LogP contribution >= 0.6 is 0 Å². The molecular weight excluding hydrogens is 280 g/mol. The average Bonchev–Trinajstić information content (AvgIpc) is 2.41. The number of aromatic amines is 1. The third kappa shape index (κ3) is 2.83. The van der Waals surface area contributed by atoms with Crippen LogP contribution in [0.15, 0.2) is 46.3 Å². The fourth-order valence-corrected chi connectivity index (χ4v) is 2.87. The van der Waals surface area contributed by atoms with E-state index >= 15 is 0 Å². The first-order chi connectivity index (χ1) is 9.44. The third-order valence-corrected chi connectivity index (χ3v) is 4.14. The molecule has 2 rings (SSSR count). The SMILES string of the molecule is COc1ccc(NS(=O)(=O)c2c[nH]ccc2=O)c(C)c1. The summed E-state index contributed by atoms with van der Waals surface area (Å²) in [6, 6.07) is 6.09. The summed E-state index contributed by atoms with van der Waals surface area (Å²) in [5.41, 5.74) is 0.525. The minimum absolute atomic E-state index is 0.324. The fraction of sp³-hybridized carbons (Fsp3) is 0.154. The number of H-pyrrole nitrogens is 1. The van der Waals surface area contributed by atoms with Gasteiger partial charge in [0.15, 0.2) is 4.90 Å². The molecule has 0 unspecified atom stereocenters. The summed E-state index contributed by atoms with van der Waals surface area (Å²) in [6.07, 6.45) is 2.53. The second-order valence-corrected chi connectivity index (χ2v) is 5.81. The molecule has 0 bridgehead atoms. The lowest BCUT2D eigenvalue weighted by Gasteiger charge is -2.11. The zero-order chi connectivity index (χ0) is 14.8. The van der Waals surface area contributed by atoms with Gasteiger partial charge in [0.05, 0.1) is 12.8 Å². The number of hydrogen-bond acceptors (Lipinski definition) is 4. The molecule has 7 heteroatoms. The minimum Gasteiger partial charge on any atom is -0.497 e. The summed E-state index contributed by atoms with van der Waals surface area (Å²) in [5.74, 6) is 0.628. The first-order valence-corrected chi connectivity index (χ1v) is 7.27. The molecule has 2 N–H and O–H groups in total. The van der Waals surface area contributed by atoms with Crippen molar-refractivity contribution in [3.8, 4) is 5.75 Å². The van der Waals surface area contributed by atoms with Gasteiger partial charge < -0.3 is 9.72 Å². The van der Waals surface area contributed by atoms with E-state index in [0.717, 1.165) is 12.3 Å². The van der Waals surface area contributed by atoms with E-state index in [4.69, 9.17) is 4.74 Å². The van der Waals surface area contributed by atoms with Gasteiger partial charge in [-0.3, -0.25) is 9.52 Å². The van der Waals surface area contributed by atoms with Crippen LogP contribution in [-0.2, 0) is 10.0 Å². The highest BCUT2D eigenvalue weighted by Crippen LogP contribution is 2.22. The molecule has 0 saturated carbocycles. The number of anilines is 1. The predicted molar refractivity (Wildman–Crippen MR) is 75.6 cm³/mol. The molecule has 0 fully saturated rings. The summed E-state index contributed by atoms with van der Waals surface area (Å²) in [4.78, 5) is 13.8. The van der Waals surface area contributed by atoms with Gasteiger partial charge in [0.25, 0.3) is 10.0 Å². The molecule has 106 valence electrons. The van der Waals surface area contributed by atoms with Crippen molar-refractivity contribution in [2.45, 2.75) is 11.8 Å². The molecule has 6 nitrogen and oxygen atoms in total. The third-order valence-electron chi connectivity index (χ3n) is 2.76. The molecule has 1 heterocycles. The Balaban J connectivity index is 2.39. The molecule has 0 aliphatic heterocycles. The molecule has 0 aliphatic carbocycles. The number of nitrogens with one attached hydrogen (secondary N) is 2. The second-order valence-electron chi connectivity index (χ2n) is 4.16. The first-order valence-electron chi connectivity index (χ1n) is 5.78. The van der Waals surface area contributed by atoms with Crippen molar-refractivity contribution in [2.24, 2.45) is 0 Å². The second kappa shape index (κ2) is 5.38. The zero-order valence-electron chi connectivity index (χ0n) is 11.0. The van der Waals surface area contributed by atoms with Gasteiger partial charge in [0.2, 0.25) is 5.43 Å². The van der Waals surface area contributed by atoms with Crippen LogP contribution in [-0.4, -0.2) is 20.5 Å². The number of aryl methyl sites for hydroxylation is 1. The number of benzene rings is 1. The highest BCUT2D eigenvalue weighted by molar-refractivity contribution is 7.92. The largest absolute Gasteiger partial charge is 0.497 e. The van der Waals surface area contributed by atoms with E-state index in [1.54, 1.807) is 25.1 Å². The Kier molecular flexibility index (Phi) is 3.80. The number of sulfonamides is 1. The Morgan fingerprint density at radius 1 is 1.25 bits per heavy atom. The highest BCUT2D eigenvalue weighted by Gasteiger charge is 2.18. The summed E-state index contributed by atoms with van der Waals surface area (Å²) < 4.78 is 31.8. The van der Waals surface area contributed by atoms with E-state index in [1.165, 1.54) is 13.3 Å². The Hall–Kier alpha value is -2.28. The highest BCUT2D eigenvalue weighted by atomic mass is 32.2. The van der Waals surface area contributed by atoms with E-state index < -0.39 is 15.5 Å². The van der Waals surface area contributed by atoms with Gasteiger partial charge in [-0.25, -0.2) is 8.42 Å². The molecule has 20 heavy (non-hydrogen) atoms. The summed E-state index contributed by atoms with van der Waals surface area (Å²) in [6.45, 7) is 1.75. The van der Waals surface area contributed by atoms with Crippen molar-refractivity contribution in [3.05, 3.63) is 52.4 Å². The van der Waals surface area contributed by atoms with Gasteiger partial charge in [-0.05, 0) is 30.7 Å². The molecule has 0 spiro atoms. The Labute approximate surface area is 116 Å². The van der Waals surface area contributed by atoms with Crippen molar-refractivity contribution >= 4 is 15.7 Å². The maximum Gasteiger partial charge on any atom is 0.267 e. The van der Waals surface area contributed by atoms with Crippen LogP contribution in [0.3, 0.4) is 0 Å². The predicted octanol–water partition coefficient (Wildman–Crippen LogP) is 1.49. The number of ether oxygens (including phenoxy) is 1. The average molecular weight is 294 g/mol. The van der Waals surface area contributed by atoms with Crippen molar-refractivity contribution in [1.29, 1.82) is 0 Å². The number of methoxy groups -OCH3 is 1. The van der Waals surface area contributed by atoms with Crippen LogP contribution in [0.5, 0.6) is 5.75 Å². The monoisotopic (exact) mass is 294 g/mol. The Morgan fingerprint density at radius 3 is 2.60 bits per heavy atom. The van der Waals surface area contributed by atoms with E-state index in [2.05, 4.69) is 9.71 Å². The smallest absolute Gasteiger partial charge is 0.267 e. The van der Waals surface area contributed by atoms with Crippen molar-refractivity contribution < 1.29 is 13.2 Å². The summed E-state index contributed by atoms with van der Waals surface area (Å²) >= 11 is 0. The van der Waals surface area contributed by atoms with Crippen molar-refractivity contribution in [2.75, 3.05) is 11.8 Å². The molecule has 0 aliphatic rings. The van der Waals surface area contributed by atoms with Gasteiger partial charge >= 0.3 is 0 Å². The number of aromatic nitrogens is 1. The Bertz CT molecular complexity index is 781. The lowest BCUT2D eigenvalue weighted by atomic mass is 10.2. The summed E-state index contributed by atoms with van der Waals surface area (Å²) in [7, 11) is -2.39. The van der Waals surface area contributed by atoms with Gasteiger partial charge in [-0.15, -0.1) is 0 Å².